The van der Waals surface area contributed by atoms with Crippen LogP contribution in [0.25, 0.3) is 6.08 Å². The van der Waals surface area contributed by atoms with E-state index < -0.39 is 0 Å². The number of likely N-dealkylation sites (tertiary alicyclic amines) is 1. The maximum atomic E-state index is 12.1. The predicted octanol–water partition coefficient (Wildman–Crippen LogP) is 3.34. The van der Waals surface area contributed by atoms with E-state index in [0.29, 0.717) is 24.4 Å². The van der Waals surface area contributed by atoms with Crippen molar-refractivity contribution >= 4 is 12.0 Å². The lowest BCUT2D eigenvalue weighted by atomic mass is 10.1. The van der Waals surface area contributed by atoms with E-state index in [2.05, 4.69) is 58.4 Å². The second kappa shape index (κ2) is 7.60. The molecule has 3 rings (SSSR count). The average Bonchev–Trinajstić information content (AvgIpc) is 2.85. The molecular formula is C20H26N2O. The van der Waals surface area contributed by atoms with Crippen LogP contribution in [0.1, 0.15) is 31.7 Å². The minimum atomic E-state index is 0.332. The second-order valence-corrected chi connectivity index (χ2v) is 6.46. The SMILES string of the molecule is CCC(=O)N1C2CCC1CN(CC=CC=Cc1ccccc1)C2. The monoisotopic (exact) mass is 310 g/mol. The topological polar surface area (TPSA) is 23.6 Å². The Labute approximate surface area is 139 Å². The normalized spacial score (nSPS) is 24.8. The second-order valence-electron chi connectivity index (χ2n) is 6.46. The average molecular weight is 310 g/mol. The minimum absolute atomic E-state index is 0.332. The summed E-state index contributed by atoms with van der Waals surface area (Å²) < 4.78 is 0. The van der Waals surface area contributed by atoms with Crippen LogP contribution in [0.3, 0.4) is 0 Å². The molecule has 2 bridgehead atoms. The Morgan fingerprint density at radius 1 is 1.13 bits per heavy atom. The highest BCUT2D eigenvalue weighted by atomic mass is 16.2. The predicted molar refractivity (Wildman–Crippen MR) is 95.0 cm³/mol. The maximum Gasteiger partial charge on any atom is 0.222 e. The molecule has 2 aliphatic rings. The van der Waals surface area contributed by atoms with Crippen LogP contribution in [0.4, 0.5) is 0 Å². The standard InChI is InChI=1S/C20H26N2O/c1-2-20(23)22-18-12-13-19(22)16-21(15-18)14-8-4-7-11-17-9-5-3-6-10-17/h3-11,18-19H,2,12-16H2,1H3. The van der Waals surface area contributed by atoms with Crippen molar-refractivity contribution < 1.29 is 4.79 Å². The fourth-order valence-electron chi connectivity index (χ4n) is 3.75. The van der Waals surface area contributed by atoms with Crippen LogP contribution in [0.5, 0.6) is 0 Å². The molecule has 2 fully saturated rings. The van der Waals surface area contributed by atoms with E-state index >= 15 is 0 Å². The van der Waals surface area contributed by atoms with Crippen LogP contribution in [0, 0.1) is 0 Å². The van der Waals surface area contributed by atoms with Crippen molar-refractivity contribution in [1.82, 2.24) is 9.80 Å². The largest absolute Gasteiger partial charge is 0.334 e. The summed E-state index contributed by atoms with van der Waals surface area (Å²) in [6.07, 6.45) is 11.5. The Balaban J connectivity index is 1.48. The van der Waals surface area contributed by atoms with E-state index in [-0.39, 0.29) is 0 Å². The number of fused-ring (bicyclic) bond motifs is 2. The van der Waals surface area contributed by atoms with Gasteiger partial charge in [0.25, 0.3) is 0 Å². The third kappa shape index (κ3) is 3.91. The zero-order valence-electron chi connectivity index (χ0n) is 13.9. The van der Waals surface area contributed by atoms with Crippen molar-refractivity contribution in [2.75, 3.05) is 19.6 Å². The van der Waals surface area contributed by atoms with Gasteiger partial charge in [0.2, 0.25) is 5.91 Å². The molecule has 1 aromatic carbocycles. The maximum absolute atomic E-state index is 12.1. The van der Waals surface area contributed by atoms with Gasteiger partial charge < -0.3 is 4.90 Å². The summed E-state index contributed by atoms with van der Waals surface area (Å²) >= 11 is 0. The Morgan fingerprint density at radius 3 is 2.48 bits per heavy atom. The Morgan fingerprint density at radius 2 is 1.83 bits per heavy atom. The van der Waals surface area contributed by atoms with E-state index in [9.17, 15) is 4.79 Å². The van der Waals surface area contributed by atoms with Crippen LogP contribution < -0.4 is 0 Å². The van der Waals surface area contributed by atoms with Gasteiger partial charge in [0.15, 0.2) is 0 Å². The molecule has 3 heteroatoms. The van der Waals surface area contributed by atoms with E-state index in [4.69, 9.17) is 0 Å². The number of piperazine rings is 1. The van der Waals surface area contributed by atoms with E-state index in [0.717, 1.165) is 19.6 Å². The van der Waals surface area contributed by atoms with E-state index in [1.165, 1.54) is 18.4 Å². The molecule has 3 nitrogen and oxygen atoms in total. The lowest BCUT2D eigenvalue weighted by Gasteiger charge is -2.40. The summed E-state index contributed by atoms with van der Waals surface area (Å²) in [6.45, 7) is 4.99. The first-order chi connectivity index (χ1) is 11.3. The van der Waals surface area contributed by atoms with Crippen molar-refractivity contribution in [2.24, 2.45) is 0 Å². The molecule has 0 spiro atoms. The zero-order chi connectivity index (χ0) is 16.1. The molecule has 0 aliphatic carbocycles. The summed E-state index contributed by atoms with van der Waals surface area (Å²) in [5.41, 5.74) is 1.22. The Bertz CT molecular complexity index is 565. The van der Waals surface area contributed by atoms with Gasteiger partial charge in [0.1, 0.15) is 0 Å². The van der Waals surface area contributed by atoms with Gasteiger partial charge in [-0.2, -0.15) is 0 Å². The summed E-state index contributed by atoms with van der Waals surface area (Å²) in [4.78, 5) is 16.7. The Kier molecular flexibility index (Phi) is 5.29. The third-order valence-electron chi connectivity index (χ3n) is 4.85. The van der Waals surface area contributed by atoms with Crippen LogP contribution in [0.15, 0.2) is 48.6 Å². The molecule has 2 heterocycles. The fourth-order valence-corrected chi connectivity index (χ4v) is 3.75. The van der Waals surface area contributed by atoms with Crippen LogP contribution in [-0.2, 0) is 4.79 Å². The minimum Gasteiger partial charge on any atom is -0.334 e. The molecule has 1 amide bonds. The highest BCUT2D eigenvalue weighted by Gasteiger charge is 2.41. The highest BCUT2D eigenvalue weighted by Crippen LogP contribution is 2.30. The number of benzene rings is 1. The molecule has 2 saturated heterocycles. The summed E-state index contributed by atoms with van der Waals surface area (Å²) in [5.74, 6) is 0.332. The van der Waals surface area contributed by atoms with Crippen LogP contribution >= 0.6 is 0 Å². The van der Waals surface area contributed by atoms with Gasteiger partial charge in [-0.25, -0.2) is 0 Å². The van der Waals surface area contributed by atoms with Gasteiger partial charge in [0.05, 0.1) is 0 Å². The number of nitrogens with zero attached hydrogens (tertiary/aromatic N) is 2. The van der Waals surface area contributed by atoms with Gasteiger partial charge in [-0.3, -0.25) is 9.69 Å². The number of carbonyl (C=O) groups excluding carboxylic acids is 1. The first-order valence-corrected chi connectivity index (χ1v) is 8.69. The molecule has 2 aliphatic heterocycles. The zero-order valence-corrected chi connectivity index (χ0v) is 13.9. The number of hydrogen-bond acceptors (Lipinski definition) is 2. The molecule has 1 aromatic rings. The summed E-state index contributed by atoms with van der Waals surface area (Å²) in [6, 6.07) is 11.2. The van der Waals surface area contributed by atoms with E-state index in [1.807, 2.05) is 13.0 Å². The smallest absolute Gasteiger partial charge is 0.222 e. The molecule has 122 valence electrons. The molecule has 0 aromatic heterocycles. The molecule has 0 radical (unpaired) electrons. The van der Waals surface area contributed by atoms with Gasteiger partial charge in [-0.1, -0.05) is 61.6 Å². The fraction of sp³-hybridized carbons (Fsp3) is 0.450. The number of allylic oxidation sites excluding steroid dienone is 2. The van der Waals surface area contributed by atoms with Crippen LogP contribution in [-0.4, -0.2) is 47.4 Å². The third-order valence-corrected chi connectivity index (χ3v) is 4.85. The Hall–Kier alpha value is -1.87. The van der Waals surface area contributed by atoms with Gasteiger partial charge in [-0.05, 0) is 18.4 Å². The van der Waals surface area contributed by atoms with Crippen LogP contribution in [0.2, 0.25) is 0 Å². The van der Waals surface area contributed by atoms with Crippen molar-refractivity contribution in [2.45, 2.75) is 38.3 Å². The van der Waals surface area contributed by atoms with Crippen molar-refractivity contribution in [3.05, 3.63) is 54.1 Å². The summed E-state index contributed by atoms with van der Waals surface area (Å²) in [5, 5.41) is 0. The number of carbonyl (C=O) groups is 1. The van der Waals surface area contributed by atoms with E-state index in [1.54, 1.807) is 0 Å². The molecule has 0 saturated carbocycles. The molecule has 0 N–H and O–H groups in total. The van der Waals surface area contributed by atoms with Gasteiger partial charge in [0, 0.05) is 38.1 Å². The van der Waals surface area contributed by atoms with Crippen molar-refractivity contribution in [3.8, 4) is 0 Å². The summed E-state index contributed by atoms with van der Waals surface area (Å²) in [7, 11) is 0. The molecule has 23 heavy (non-hydrogen) atoms. The first kappa shape index (κ1) is 16.0. The number of amides is 1. The number of hydrogen-bond donors (Lipinski definition) is 0. The molecular weight excluding hydrogens is 284 g/mol. The van der Waals surface area contributed by atoms with Gasteiger partial charge in [-0.15, -0.1) is 0 Å². The highest BCUT2D eigenvalue weighted by molar-refractivity contribution is 5.77. The molecule has 2 unspecified atom stereocenters. The van der Waals surface area contributed by atoms with Gasteiger partial charge >= 0.3 is 0 Å². The van der Waals surface area contributed by atoms with Crippen molar-refractivity contribution in [3.63, 3.8) is 0 Å². The lowest BCUT2D eigenvalue weighted by molar-refractivity contribution is -0.136. The number of rotatable bonds is 5. The molecule has 2 atom stereocenters. The first-order valence-electron chi connectivity index (χ1n) is 8.69. The van der Waals surface area contributed by atoms with Crippen molar-refractivity contribution in [1.29, 1.82) is 0 Å². The lowest BCUT2D eigenvalue weighted by Crippen LogP contribution is -2.55. The quantitative estimate of drug-likeness (QED) is 0.779.